The van der Waals surface area contributed by atoms with E-state index in [0.29, 0.717) is 24.4 Å². The van der Waals surface area contributed by atoms with Crippen molar-refractivity contribution in [3.05, 3.63) is 0 Å². The van der Waals surface area contributed by atoms with Crippen LogP contribution in [-0.4, -0.2) is 61.0 Å². The van der Waals surface area contributed by atoms with Crippen LogP contribution in [0.4, 0.5) is 0 Å². The highest BCUT2D eigenvalue weighted by molar-refractivity contribution is 5.78. The number of likely N-dealkylation sites (tertiary alicyclic amines) is 2. The summed E-state index contributed by atoms with van der Waals surface area (Å²) in [6.07, 6.45) is 3.54. The molecule has 104 valence electrons. The van der Waals surface area contributed by atoms with Crippen molar-refractivity contribution < 1.29 is 4.79 Å². The van der Waals surface area contributed by atoms with Gasteiger partial charge in [-0.25, -0.2) is 0 Å². The summed E-state index contributed by atoms with van der Waals surface area (Å²) >= 11 is 0. The number of nitrogens with zero attached hydrogens (tertiary/aromatic N) is 2. The van der Waals surface area contributed by atoms with Crippen LogP contribution < -0.4 is 5.32 Å². The number of amides is 1. The van der Waals surface area contributed by atoms with Gasteiger partial charge in [-0.3, -0.25) is 9.69 Å². The van der Waals surface area contributed by atoms with Crippen LogP contribution in [0, 0.1) is 5.92 Å². The standard InChI is InChI=1S/C14H27N3O/c1-3-15-13-6-9-16(10-12(13)2)11-14(18)17-7-4-5-8-17/h12-13,15H,3-11H2,1-2H3. The zero-order chi connectivity index (χ0) is 13.0. The second-order valence-corrected chi connectivity index (χ2v) is 5.75. The average Bonchev–Trinajstić information content (AvgIpc) is 2.86. The first-order chi connectivity index (χ1) is 8.70. The van der Waals surface area contributed by atoms with Gasteiger partial charge in [-0.05, 0) is 31.7 Å². The Kier molecular flexibility index (Phi) is 5.01. The molecule has 4 heteroatoms. The highest BCUT2D eigenvalue weighted by Gasteiger charge is 2.27. The van der Waals surface area contributed by atoms with Gasteiger partial charge in [0.1, 0.15) is 0 Å². The molecule has 2 rings (SSSR count). The zero-order valence-electron chi connectivity index (χ0n) is 11.8. The molecule has 2 fully saturated rings. The molecule has 0 radical (unpaired) electrons. The Bertz CT molecular complexity index is 276. The summed E-state index contributed by atoms with van der Waals surface area (Å²) in [5.74, 6) is 0.978. The topological polar surface area (TPSA) is 35.6 Å². The first-order valence-electron chi connectivity index (χ1n) is 7.44. The van der Waals surface area contributed by atoms with Crippen molar-refractivity contribution in [3.63, 3.8) is 0 Å². The van der Waals surface area contributed by atoms with Crippen molar-refractivity contribution in [1.82, 2.24) is 15.1 Å². The lowest BCUT2D eigenvalue weighted by molar-refractivity contribution is -0.131. The van der Waals surface area contributed by atoms with E-state index in [1.807, 2.05) is 4.90 Å². The van der Waals surface area contributed by atoms with Gasteiger partial charge in [0, 0.05) is 32.2 Å². The second-order valence-electron chi connectivity index (χ2n) is 5.75. The fraction of sp³-hybridized carbons (Fsp3) is 0.929. The number of hydrogen-bond donors (Lipinski definition) is 1. The lowest BCUT2D eigenvalue weighted by atomic mass is 9.94. The largest absolute Gasteiger partial charge is 0.342 e. The summed E-state index contributed by atoms with van der Waals surface area (Å²) in [4.78, 5) is 16.5. The highest BCUT2D eigenvalue weighted by Crippen LogP contribution is 2.17. The van der Waals surface area contributed by atoms with E-state index in [2.05, 4.69) is 24.1 Å². The van der Waals surface area contributed by atoms with Gasteiger partial charge < -0.3 is 10.2 Å². The minimum atomic E-state index is 0.335. The third-order valence-corrected chi connectivity index (χ3v) is 4.27. The van der Waals surface area contributed by atoms with Crippen molar-refractivity contribution in [2.24, 2.45) is 5.92 Å². The fourth-order valence-corrected chi connectivity index (χ4v) is 3.20. The molecule has 2 unspecified atom stereocenters. The van der Waals surface area contributed by atoms with Crippen LogP contribution in [-0.2, 0) is 4.79 Å². The van der Waals surface area contributed by atoms with Crippen LogP contribution in [0.2, 0.25) is 0 Å². The van der Waals surface area contributed by atoms with Gasteiger partial charge in [0.25, 0.3) is 0 Å². The maximum atomic E-state index is 12.1. The molecule has 2 aliphatic rings. The van der Waals surface area contributed by atoms with Gasteiger partial charge in [0.05, 0.1) is 6.54 Å². The van der Waals surface area contributed by atoms with Crippen LogP contribution in [0.15, 0.2) is 0 Å². The van der Waals surface area contributed by atoms with E-state index >= 15 is 0 Å². The Morgan fingerprint density at radius 1 is 1.28 bits per heavy atom. The number of carbonyl (C=O) groups excluding carboxylic acids is 1. The maximum absolute atomic E-state index is 12.1. The van der Waals surface area contributed by atoms with Crippen molar-refractivity contribution in [3.8, 4) is 0 Å². The third kappa shape index (κ3) is 3.45. The van der Waals surface area contributed by atoms with Gasteiger partial charge in [0.2, 0.25) is 5.91 Å². The Labute approximate surface area is 111 Å². The first kappa shape index (κ1) is 13.8. The smallest absolute Gasteiger partial charge is 0.236 e. The summed E-state index contributed by atoms with van der Waals surface area (Å²) in [7, 11) is 0. The first-order valence-corrected chi connectivity index (χ1v) is 7.44. The molecule has 0 bridgehead atoms. The minimum Gasteiger partial charge on any atom is -0.342 e. The Balaban J connectivity index is 1.76. The van der Waals surface area contributed by atoms with E-state index in [0.717, 1.165) is 32.7 Å². The molecule has 2 atom stereocenters. The predicted octanol–water partition coefficient (Wildman–Crippen LogP) is 0.929. The predicted molar refractivity (Wildman–Crippen MR) is 73.5 cm³/mol. The summed E-state index contributed by atoms with van der Waals surface area (Å²) in [6, 6.07) is 0.633. The van der Waals surface area contributed by atoms with Crippen LogP contribution >= 0.6 is 0 Å². The SMILES string of the molecule is CCNC1CCN(CC(=O)N2CCCC2)CC1C. The normalized spacial score (nSPS) is 29.8. The lowest BCUT2D eigenvalue weighted by Gasteiger charge is -2.37. The summed E-state index contributed by atoms with van der Waals surface area (Å²) < 4.78 is 0. The average molecular weight is 253 g/mol. The van der Waals surface area contributed by atoms with Gasteiger partial charge in [-0.1, -0.05) is 13.8 Å². The monoisotopic (exact) mass is 253 g/mol. The molecule has 4 nitrogen and oxygen atoms in total. The summed E-state index contributed by atoms with van der Waals surface area (Å²) in [5.41, 5.74) is 0. The van der Waals surface area contributed by atoms with Crippen LogP contribution in [0.25, 0.3) is 0 Å². The van der Waals surface area contributed by atoms with Crippen molar-refractivity contribution in [2.75, 3.05) is 39.3 Å². The van der Waals surface area contributed by atoms with E-state index in [1.54, 1.807) is 0 Å². The molecule has 2 aliphatic heterocycles. The zero-order valence-corrected chi connectivity index (χ0v) is 11.8. The van der Waals surface area contributed by atoms with E-state index in [9.17, 15) is 4.79 Å². The molecule has 0 aromatic carbocycles. The minimum absolute atomic E-state index is 0.335. The van der Waals surface area contributed by atoms with Gasteiger partial charge in [-0.15, -0.1) is 0 Å². The Morgan fingerprint density at radius 2 is 2.00 bits per heavy atom. The number of carbonyl (C=O) groups is 1. The molecule has 0 spiro atoms. The van der Waals surface area contributed by atoms with Crippen LogP contribution in [0.3, 0.4) is 0 Å². The number of piperidine rings is 1. The molecule has 2 heterocycles. The fourth-order valence-electron chi connectivity index (χ4n) is 3.20. The highest BCUT2D eigenvalue weighted by atomic mass is 16.2. The van der Waals surface area contributed by atoms with Gasteiger partial charge >= 0.3 is 0 Å². The van der Waals surface area contributed by atoms with Crippen molar-refractivity contribution in [1.29, 1.82) is 0 Å². The summed E-state index contributed by atoms with van der Waals surface area (Å²) in [6.45, 7) is 10.2. The van der Waals surface area contributed by atoms with Crippen LogP contribution in [0.5, 0.6) is 0 Å². The third-order valence-electron chi connectivity index (χ3n) is 4.27. The second kappa shape index (κ2) is 6.53. The molecule has 0 aromatic heterocycles. The number of nitrogens with one attached hydrogen (secondary N) is 1. The molecule has 0 aliphatic carbocycles. The quantitative estimate of drug-likeness (QED) is 0.809. The van der Waals surface area contributed by atoms with E-state index in [4.69, 9.17) is 0 Å². The Hall–Kier alpha value is -0.610. The Morgan fingerprint density at radius 3 is 2.61 bits per heavy atom. The van der Waals surface area contributed by atoms with Crippen LogP contribution in [0.1, 0.15) is 33.1 Å². The molecule has 1 N–H and O–H groups in total. The molecule has 1 amide bonds. The summed E-state index contributed by atoms with van der Waals surface area (Å²) in [5, 5.41) is 3.54. The molecule has 0 saturated carbocycles. The van der Waals surface area contributed by atoms with Gasteiger partial charge in [0.15, 0.2) is 0 Å². The van der Waals surface area contributed by atoms with E-state index in [-0.39, 0.29) is 0 Å². The maximum Gasteiger partial charge on any atom is 0.236 e. The van der Waals surface area contributed by atoms with Gasteiger partial charge in [-0.2, -0.15) is 0 Å². The van der Waals surface area contributed by atoms with E-state index in [1.165, 1.54) is 19.3 Å². The molecule has 0 aromatic rings. The number of rotatable bonds is 4. The van der Waals surface area contributed by atoms with E-state index < -0.39 is 0 Å². The molecular formula is C14H27N3O. The molecular weight excluding hydrogens is 226 g/mol. The van der Waals surface area contributed by atoms with Crippen molar-refractivity contribution in [2.45, 2.75) is 39.2 Å². The van der Waals surface area contributed by atoms with Crippen molar-refractivity contribution >= 4 is 5.91 Å². The molecule has 18 heavy (non-hydrogen) atoms. The number of hydrogen-bond acceptors (Lipinski definition) is 3. The lowest BCUT2D eigenvalue weighted by Crippen LogP contribution is -2.50. The molecule has 2 saturated heterocycles.